The second-order valence-electron chi connectivity index (χ2n) is 2.25. The van der Waals surface area contributed by atoms with E-state index in [2.05, 4.69) is 26.0 Å². The normalized spacial score (nSPS) is 10.5. The molecule has 0 bridgehead atoms. The van der Waals surface area contributed by atoms with Crippen LogP contribution < -0.4 is 4.74 Å². The van der Waals surface area contributed by atoms with Gasteiger partial charge in [0.1, 0.15) is 5.75 Å². The molecule has 12 heavy (non-hydrogen) atoms. The zero-order valence-electron chi connectivity index (χ0n) is 6.36. The molecule has 0 aliphatic rings. The molecule has 0 aromatic carbocycles. The van der Waals surface area contributed by atoms with Crippen molar-refractivity contribution in [1.29, 1.82) is 0 Å². The van der Waals surface area contributed by atoms with Gasteiger partial charge in [0, 0.05) is 12.3 Å². The Kier molecular flexibility index (Phi) is 1.73. The molecule has 2 heterocycles. The predicted octanol–water partition coefficient (Wildman–Crippen LogP) is 1.50. The van der Waals surface area contributed by atoms with Crippen molar-refractivity contribution in [2.24, 2.45) is 0 Å². The van der Waals surface area contributed by atoms with Gasteiger partial charge >= 0.3 is 0 Å². The van der Waals surface area contributed by atoms with Crippen LogP contribution in [0.25, 0.3) is 5.65 Å². The van der Waals surface area contributed by atoms with E-state index in [1.807, 2.05) is 12.1 Å². The van der Waals surface area contributed by atoms with Crippen molar-refractivity contribution in [3.05, 3.63) is 23.1 Å². The molecule has 0 saturated heterocycles. The van der Waals surface area contributed by atoms with Crippen LogP contribution in [-0.4, -0.2) is 21.7 Å². The van der Waals surface area contributed by atoms with Crippen molar-refractivity contribution in [2.75, 3.05) is 7.11 Å². The monoisotopic (exact) mass is 227 g/mol. The highest BCUT2D eigenvalue weighted by atomic mass is 79.9. The molecular weight excluding hydrogens is 222 g/mol. The summed E-state index contributed by atoms with van der Waals surface area (Å²) in [7, 11) is 1.62. The first kappa shape index (κ1) is 7.54. The van der Waals surface area contributed by atoms with Crippen molar-refractivity contribution < 1.29 is 4.74 Å². The SMILES string of the molecule is COc1ccn2nc(Br)nc2c1. The first-order valence-corrected chi connectivity index (χ1v) is 4.15. The maximum Gasteiger partial charge on any atom is 0.218 e. The van der Waals surface area contributed by atoms with E-state index in [0.29, 0.717) is 4.73 Å². The largest absolute Gasteiger partial charge is 0.497 e. The molecule has 0 unspecified atom stereocenters. The third kappa shape index (κ3) is 1.16. The van der Waals surface area contributed by atoms with Gasteiger partial charge in [-0.1, -0.05) is 0 Å². The quantitative estimate of drug-likeness (QED) is 0.742. The highest BCUT2D eigenvalue weighted by Crippen LogP contribution is 2.13. The Morgan fingerprint density at radius 1 is 1.58 bits per heavy atom. The Morgan fingerprint density at radius 2 is 2.42 bits per heavy atom. The number of nitrogens with zero attached hydrogens (tertiary/aromatic N) is 3. The average Bonchev–Trinajstić information content (AvgIpc) is 2.43. The van der Waals surface area contributed by atoms with Crippen LogP contribution in [0.1, 0.15) is 0 Å². The summed E-state index contributed by atoms with van der Waals surface area (Å²) >= 11 is 3.19. The minimum Gasteiger partial charge on any atom is -0.497 e. The van der Waals surface area contributed by atoms with E-state index in [4.69, 9.17) is 4.74 Å². The average molecular weight is 228 g/mol. The molecule has 2 aromatic heterocycles. The minimum atomic E-state index is 0.579. The molecule has 0 aliphatic heterocycles. The van der Waals surface area contributed by atoms with Crippen LogP contribution in [0.3, 0.4) is 0 Å². The van der Waals surface area contributed by atoms with Gasteiger partial charge < -0.3 is 4.74 Å². The van der Waals surface area contributed by atoms with E-state index in [1.54, 1.807) is 17.8 Å². The molecule has 2 aromatic rings. The number of methoxy groups -OCH3 is 1. The number of aromatic nitrogens is 3. The minimum absolute atomic E-state index is 0.579. The van der Waals surface area contributed by atoms with Crippen LogP contribution in [0, 0.1) is 0 Å². The lowest BCUT2D eigenvalue weighted by molar-refractivity contribution is 0.414. The zero-order chi connectivity index (χ0) is 8.55. The first-order chi connectivity index (χ1) is 5.79. The maximum absolute atomic E-state index is 5.04. The van der Waals surface area contributed by atoms with Crippen LogP contribution >= 0.6 is 15.9 Å². The summed E-state index contributed by atoms with van der Waals surface area (Å²) in [5.74, 6) is 0.780. The molecule has 0 atom stereocenters. The van der Waals surface area contributed by atoms with Crippen LogP contribution in [0.15, 0.2) is 23.1 Å². The van der Waals surface area contributed by atoms with Crippen LogP contribution in [-0.2, 0) is 0 Å². The lowest BCUT2D eigenvalue weighted by Gasteiger charge is -1.97. The lowest BCUT2D eigenvalue weighted by atomic mass is 10.4. The standard InChI is InChI=1S/C7H6BrN3O/c1-12-5-2-3-11-6(4-5)9-7(8)10-11/h2-4H,1H3. The summed E-state index contributed by atoms with van der Waals surface area (Å²) in [4.78, 5) is 4.11. The summed E-state index contributed by atoms with van der Waals surface area (Å²) < 4.78 is 7.29. The highest BCUT2D eigenvalue weighted by molar-refractivity contribution is 9.10. The summed E-state index contributed by atoms with van der Waals surface area (Å²) in [5, 5.41) is 4.06. The van der Waals surface area contributed by atoms with E-state index in [1.165, 1.54) is 0 Å². The van der Waals surface area contributed by atoms with Gasteiger partial charge in [-0.2, -0.15) is 0 Å². The van der Waals surface area contributed by atoms with Crippen LogP contribution in [0.5, 0.6) is 5.75 Å². The van der Waals surface area contributed by atoms with Crippen molar-refractivity contribution in [1.82, 2.24) is 14.6 Å². The highest BCUT2D eigenvalue weighted by Gasteiger charge is 2.00. The van der Waals surface area contributed by atoms with Crippen molar-refractivity contribution in [2.45, 2.75) is 0 Å². The second kappa shape index (κ2) is 2.75. The Hall–Kier alpha value is -1.10. The smallest absolute Gasteiger partial charge is 0.218 e. The number of pyridine rings is 1. The van der Waals surface area contributed by atoms with Gasteiger partial charge in [-0.3, -0.25) is 0 Å². The van der Waals surface area contributed by atoms with Gasteiger partial charge in [0.25, 0.3) is 0 Å². The topological polar surface area (TPSA) is 39.4 Å². The molecule has 2 rings (SSSR count). The molecule has 4 nitrogen and oxygen atoms in total. The Morgan fingerprint density at radius 3 is 3.17 bits per heavy atom. The van der Waals surface area contributed by atoms with Gasteiger partial charge in [0.2, 0.25) is 4.73 Å². The predicted molar refractivity (Wildman–Crippen MR) is 47.2 cm³/mol. The van der Waals surface area contributed by atoms with E-state index >= 15 is 0 Å². The molecule has 0 N–H and O–H groups in total. The van der Waals surface area contributed by atoms with Crippen LogP contribution in [0.2, 0.25) is 0 Å². The summed E-state index contributed by atoms with van der Waals surface area (Å²) in [5.41, 5.74) is 0.765. The van der Waals surface area contributed by atoms with E-state index < -0.39 is 0 Å². The third-order valence-corrected chi connectivity index (χ3v) is 1.85. The lowest BCUT2D eigenvalue weighted by Crippen LogP contribution is -1.88. The fraction of sp³-hybridized carbons (Fsp3) is 0.143. The number of ether oxygens (including phenoxy) is 1. The van der Waals surface area contributed by atoms with Crippen molar-refractivity contribution in [3.8, 4) is 5.75 Å². The number of hydrogen-bond donors (Lipinski definition) is 0. The fourth-order valence-corrected chi connectivity index (χ4v) is 1.32. The van der Waals surface area contributed by atoms with Gasteiger partial charge in [-0.05, 0) is 22.0 Å². The Labute approximate surface area is 77.3 Å². The molecule has 0 saturated carbocycles. The van der Waals surface area contributed by atoms with Gasteiger partial charge in [0.15, 0.2) is 5.65 Å². The molecule has 0 amide bonds. The summed E-state index contributed by atoms with van der Waals surface area (Å²) in [6.07, 6.45) is 1.80. The van der Waals surface area contributed by atoms with Gasteiger partial charge in [0.05, 0.1) is 7.11 Å². The summed E-state index contributed by atoms with van der Waals surface area (Å²) in [6.45, 7) is 0. The van der Waals surface area contributed by atoms with Gasteiger partial charge in [-0.25, -0.2) is 9.50 Å². The van der Waals surface area contributed by atoms with Crippen molar-refractivity contribution in [3.63, 3.8) is 0 Å². The molecule has 0 aliphatic carbocycles. The van der Waals surface area contributed by atoms with E-state index in [9.17, 15) is 0 Å². The fourth-order valence-electron chi connectivity index (χ4n) is 0.963. The van der Waals surface area contributed by atoms with E-state index in [0.717, 1.165) is 11.4 Å². The number of fused-ring (bicyclic) bond motifs is 1. The Balaban J connectivity index is 2.66. The van der Waals surface area contributed by atoms with Crippen LogP contribution in [0.4, 0.5) is 0 Å². The number of halogens is 1. The Bertz CT molecular complexity index is 412. The first-order valence-electron chi connectivity index (χ1n) is 3.35. The number of rotatable bonds is 1. The van der Waals surface area contributed by atoms with E-state index in [-0.39, 0.29) is 0 Å². The molecule has 0 radical (unpaired) electrons. The molecular formula is C7H6BrN3O. The maximum atomic E-state index is 5.04. The molecule has 62 valence electrons. The third-order valence-electron chi connectivity index (χ3n) is 1.52. The zero-order valence-corrected chi connectivity index (χ0v) is 7.95. The number of hydrogen-bond acceptors (Lipinski definition) is 3. The molecule has 0 fully saturated rings. The molecule has 5 heteroatoms. The second-order valence-corrected chi connectivity index (χ2v) is 2.96. The molecule has 0 spiro atoms. The summed E-state index contributed by atoms with van der Waals surface area (Å²) in [6, 6.07) is 3.64. The van der Waals surface area contributed by atoms with Crippen molar-refractivity contribution >= 4 is 21.6 Å². The van der Waals surface area contributed by atoms with Gasteiger partial charge in [-0.15, -0.1) is 5.10 Å².